The fourth-order valence-corrected chi connectivity index (χ4v) is 4.17. The summed E-state index contributed by atoms with van der Waals surface area (Å²) in [5.41, 5.74) is 6.84. The molecule has 0 bridgehead atoms. The monoisotopic (exact) mass is 598 g/mol. The van der Waals surface area contributed by atoms with Gasteiger partial charge in [0.1, 0.15) is 12.9 Å². The molecule has 0 aliphatic heterocycles. The van der Waals surface area contributed by atoms with Crippen LogP contribution in [0.15, 0.2) is 83.9 Å². The van der Waals surface area contributed by atoms with Gasteiger partial charge in [0.25, 0.3) is 5.91 Å². The summed E-state index contributed by atoms with van der Waals surface area (Å²) in [6.07, 6.45) is -6.42. The van der Waals surface area contributed by atoms with Gasteiger partial charge in [-0.15, -0.1) is 10.2 Å². The Hall–Kier alpha value is -4.95. The van der Waals surface area contributed by atoms with Crippen LogP contribution in [0, 0.1) is 0 Å². The molecular formula is C27H22ClF3N8O3. The summed E-state index contributed by atoms with van der Waals surface area (Å²) in [5.74, 6) is -0.434. The van der Waals surface area contributed by atoms with Gasteiger partial charge in [-0.25, -0.2) is 19.1 Å². The highest BCUT2D eigenvalue weighted by molar-refractivity contribution is 6.30. The van der Waals surface area contributed by atoms with Crippen LogP contribution in [0.5, 0.6) is 0 Å². The molecule has 0 unspecified atom stereocenters. The first-order chi connectivity index (χ1) is 20.0. The lowest BCUT2D eigenvalue weighted by atomic mass is 10.1. The normalized spacial score (nSPS) is 12.3. The van der Waals surface area contributed by atoms with E-state index in [0.29, 0.717) is 27.6 Å². The number of nitrogens with one attached hydrogen (secondary N) is 1. The van der Waals surface area contributed by atoms with Crippen molar-refractivity contribution < 1.29 is 23.1 Å². The van der Waals surface area contributed by atoms with E-state index < -0.39 is 30.4 Å². The van der Waals surface area contributed by atoms with Crippen molar-refractivity contribution >= 4 is 28.9 Å². The van der Waals surface area contributed by atoms with Crippen molar-refractivity contribution in [2.45, 2.75) is 25.4 Å². The highest BCUT2D eigenvalue weighted by atomic mass is 35.5. The minimum atomic E-state index is -4.95. The largest absolute Gasteiger partial charge is 0.416 e. The number of aliphatic hydroxyl groups is 1. The molecule has 11 nitrogen and oxygen atoms in total. The number of halogens is 4. The molecule has 2 aromatic heterocycles. The maximum absolute atomic E-state index is 13.1. The molecule has 5 aromatic rings. The molecule has 216 valence electrons. The first-order valence-corrected chi connectivity index (χ1v) is 12.7. The van der Waals surface area contributed by atoms with Crippen LogP contribution < -0.4 is 16.7 Å². The molecule has 0 aliphatic rings. The van der Waals surface area contributed by atoms with Crippen molar-refractivity contribution in [3.63, 3.8) is 0 Å². The van der Waals surface area contributed by atoms with E-state index in [1.54, 1.807) is 48.5 Å². The quantitative estimate of drug-likeness (QED) is 0.231. The second-order valence-corrected chi connectivity index (χ2v) is 9.57. The maximum Gasteiger partial charge on any atom is 0.416 e. The van der Waals surface area contributed by atoms with E-state index in [1.807, 2.05) is 0 Å². The molecule has 0 radical (unpaired) electrons. The second-order valence-electron chi connectivity index (χ2n) is 9.14. The van der Waals surface area contributed by atoms with Crippen molar-refractivity contribution in [2.24, 2.45) is 0 Å². The van der Waals surface area contributed by atoms with Crippen LogP contribution in [-0.4, -0.2) is 52.4 Å². The third kappa shape index (κ3) is 6.19. The third-order valence-electron chi connectivity index (χ3n) is 6.15. The van der Waals surface area contributed by atoms with Gasteiger partial charge in [-0.1, -0.05) is 23.7 Å². The number of alkyl halides is 3. The van der Waals surface area contributed by atoms with Crippen LogP contribution in [0.4, 0.5) is 24.5 Å². The first kappa shape index (κ1) is 28.6. The molecule has 2 heterocycles. The Balaban J connectivity index is 1.44. The number of benzene rings is 3. The van der Waals surface area contributed by atoms with Crippen LogP contribution in [0.1, 0.15) is 16.2 Å². The van der Waals surface area contributed by atoms with Gasteiger partial charge in [-0.2, -0.15) is 13.2 Å². The van der Waals surface area contributed by atoms with E-state index in [-0.39, 0.29) is 23.8 Å². The van der Waals surface area contributed by atoms with E-state index in [9.17, 15) is 27.9 Å². The molecule has 0 aliphatic carbocycles. The Morgan fingerprint density at radius 3 is 2.40 bits per heavy atom. The lowest BCUT2D eigenvalue weighted by molar-refractivity contribution is -0.207. The molecule has 0 fully saturated rings. The molecule has 0 saturated carbocycles. The Labute approximate surface area is 240 Å². The number of hydrogen-bond acceptors (Lipinski definition) is 7. The van der Waals surface area contributed by atoms with Gasteiger partial charge in [-0.05, 0) is 60.7 Å². The van der Waals surface area contributed by atoms with E-state index in [4.69, 9.17) is 17.3 Å². The number of carbonyl (C=O) groups excluding carboxylic acids is 1. The number of carbonyl (C=O) groups is 1. The van der Waals surface area contributed by atoms with Gasteiger partial charge in [0, 0.05) is 22.0 Å². The summed E-state index contributed by atoms with van der Waals surface area (Å²) in [7, 11) is 0. The van der Waals surface area contributed by atoms with Crippen molar-refractivity contribution in [1.82, 2.24) is 29.1 Å². The van der Waals surface area contributed by atoms with Gasteiger partial charge in [0.15, 0.2) is 17.8 Å². The molecule has 1 atom stereocenters. The minimum Gasteiger partial charge on any atom is -0.399 e. The zero-order valence-electron chi connectivity index (χ0n) is 21.5. The van der Waals surface area contributed by atoms with Gasteiger partial charge < -0.3 is 16.2 Å². The Bertz CT molecular complexity index is 1780. The molecule has 1 amide bonds. The van der Waals surface area contributed by atoms with Crippen molar-refractivity contribution in [1.29, 1.82) is 0 Å². The standard InChI is InChI=1S/C27H22ClF3N8O3/c28-17-7-5-16(6-8-17)24-36-38(26(42)37(24)13-22(40)27(29,30)31)14-23-33-15-39(35-23)21-4-2-1-3-20(21)25(41)34-19-11-9-18(32)10-12-19/h1-12,15,22,40H,13-14,32H2,(H,34,41)/t22-/m0/s1. The molecule has 15 heteroatoms. The van der Waals surface area contributed by atoms with Gasteiger partial charge in [0.2, 0.25) is 0 Å². The van der Waals surface area contributed by atoms with Crippen LogP contribution in [-0.2, 0) is 13.1 Å². The predicted molar refractivity (Wildman–Crippen MR) is 148 cm³/mol. The fraction of sp³-hybridized carbons (Fsp3) is 0.148. The number of aromatic nitrogens is 6. The molecule has 0 spiro atoms. The van der Waals surface area contributed by atoms with E-state index in [1.165, 1.54) is 35.3 Å². The number of nitrogen functional groups attached to an aromatic ring is 1. The Morgan fingerprint density at radius 2 is 1.71 bits per heavy atom. The fourth-order valence-electron chi connectivity index (χ4n) is 4.05. The number of para-hydroxylation sites is 1. The van der Waals surface area contributed by atoms with Gasteiger partial charge in [0.05, 0.1) is 17.8 Å². The molecule has 4 N–H and O–H groups in total. The number of nitrogens with two attached hydrogens (primary N) is 1. The van der Waals surface area contributed by atoms with E-state index in [2.05, 4.69) is 20.5 Å². The summed E-state index contributed by atoms with van der Waals surface area (Å²) in [5, 5.41) is 21.4. The zero-order valence-corrected chi connectivity index (χ0v) is 22.3. The smallest absolute Gasteiger partial charge is 0.399 e. The first-order valence-electron chi connectivity index (χ1n) is 12.3. The maximum atomic E-state index is 13.1. The SMILES string of the molecule is Nc1ccc(NC(=O)c2ccccc2-n2cnc(Cn3nc(-c4ccc(Cl)cc4)n(C[C@H](O)C(F)(F)F)c3=O)n2)cc1. The third-order valence-corrected chi connectivity index (χ3v) is 6.41. The van der Waals surface area contributed by atoms with E-state index in [0.717, 1.165) is 9.25 Å². The van der Waals surface area contributed by atoms with Crippen LogP contribution in [0.25, 0.3) is 17.1 Å². The molecule has 5 rings (SSSR count). The van der Waals surface area contributed by atoms with Gasteiger partial charge >= 0.3 is 11.9 Å². The zero-order chi connectivity index (χ0) is 30.0. The average Bonchev–Trinajstić information content (AvgIpc) is 3.55. The summed E-state index contributed by atoms with van der Waals surface area (Å²) >= 11 is 5.93. The number of aliphatic hydroxyl groups excluding tert-OH is 1. The van der Waals surface area contributed by atoms with Gasteiger partial charge in [-0.3, -0.25) is 9.36 Å². The van der Waals surface area contributed by atoms with Crippen LogP contribution in [0.2, 0.25) is 5.02 Å². The average molecular weight is 599 g/mol. The highest BCUT2D eigenvalue weighted by Gasteiger charge is 2.39. The Morgan fingerprint density at radius 1 is 1.02 bits per heavy atom. The van der Waals surface area contributed by atoms with Crippen molar-refractivity contribution in [2.75, 3.05) is 11.1 Å². The number of rotatable bonds is 8. The second kappa shape index (κ2) is 11.5. The lowest BCUT2D eigenvalue weighted by Gasteiger charge is -2.15. The summed E-state index contributed by atoms with van der Waals surface area (Å²) in [4.78, 5) is 30.4. The van der Waals surface area contributed by atoms with Crippen molar-refractivity contribution in [3.05, 3.63) is 106 Å². The van der Waals surface area contributed by atoms with Crippen molar-refractivity contribution in [3.8, 4) is 17.1 Å². The number of hydrogen-bond donors (Lipinski definition) is 3. The van der Waals surface area contributed by atoms with Crippen LogP contribution in [0.3, 0.4) is 0 Å². The predicted octanol–water partition coefficient (Wildman–Crippen LogP) is 3.75. The van der Waals surface area contributed by atoms with Crippen LogP contribution >= 0.6 is 11.6 Å². The minimum absolute atomic E-state index is 0.0921. The summed E-state index contributed by atoms with van der Waals surface area (Å²) in [6.45, 7) is -1.38. The number of anilines is 2. The molecule has 42 heavy (non-hydrogen) atoms. The summed E-state index contributed by atoms with van der Waals surface area (Å²) in [6, 6.07) is 19.2. The Kier molecular flexibility index (Phi) is 7.83. The number of amides is 1. The van der Waals surface area contributed by atoms with E-state index >= 15 is 0 Å². The molecule has 0 saturated heterocycles. The summed E-state index contributed by atoms with van der Waals surface area (Å²) < 4.78 is 42.4. The highest BCUT2D eigenvalue weighted by Crippen LogP contribution is 2.24. The topological polar surface area (TPSA) is 146 Å². The molecule has 3 aromatic carbocycles. The molecular weight excluding hydrogens is 577 g/mol. The number of nitrogens with zero attached hydrogens (tertiary/aromatic N) is 6. The lowest BCUT2D eigenvalue weighted by Crippen LogP contribution is -2.37.